The Morgan fingerprint density at radius 1 is 1.39 bits per heavy atom. The van der Waals surface area contributed by atoms with Crippen LogP contribution in [0.5, 0.6) is 5.75 Å². The number of rotatable bonds is 9. The van der Waals surface area contributed by atoms with Gasteiger partial charge in [0.2, 0.25) is 0 Å². The fraction of sp³-hybridized carbons (Fsp3) is 0.588. The summed E-state index contributed by atoms with van der Waals surface area (Å²) in [7, 11) is 1.66. The van der Waals surface area contributed by atoms with Gasteiger partial charge < -0.3 is 25.3 Å². The van der Waals surface area contributed by atoms with E-state index in [9.17, 15) is 0 Å². The van der Waals surface area contributed by atoms with Crippen molar-refractivity contribution < 1.29 is 14.2 Å². The molecule has 128 valence electrons. The summed E-state index contributed by atoms with van der Waals surface area (Å²) in [6, 6.07) is 8.01. The number of guanidine groups is 1. The molecule has 3 N–H and O–H groups in total. The monoisotopic (exact) mass is 321 g/mol. The van der Waals surface area contributed by atoms with E-state index in [-0.39, 0.29) is 6.10 Å². The van der Waals surface area contributed by atoms with Gasteiger partial charge in [-0.25, -0.2) is 0 Å². The molecule has 0 saturated carbocycles. The Labute approximate surface area is 138 Å². The molecule has 1 saturated heterocycles. The van der Waals surface area contributed by atoms with Crippen LogP contribution in [-0.2, 0) is 15.9 Å². The Hall–Kier alpha value is -1.79. The number of nitrogens with two attached hydrogens (primary N) is 1. The lowest BCUT2D eigenvalue weighted by Crippen LogP contribution is -2.33. The van der Waals surface area contributed by atoms with Gasteiger partial charge in [0.1, 0.15) is 5.75 Å². The van der Waals surface area contributed by atoms with Crippen LogP contribution < -0.4 is 15.8 Å². The van der Waals surface area contributed by atoms with E-state index in [2.05, 4.69) is 10.3 Å². The maximum absolute atomic E-state index is 5.83. The molecule has 1 aromatic carbocycles. The normalized spacial score (nSPS) is 18.1. The van der Waals surface area contributed by atoms with Crippen molar-refractivity contribution in [2.24, 2.45) is 10.7 Å². The number of nitrogens with one attached hydrogen (secondary N) is 1. The molecule has 0 radical (unpaired) electrons. The summed E-state index contributed by atoms with van der Waals surface area (Å²) in [5.41, 5.74) is 7.05. The maximum Gasteiger partial charge on any atom is 0.188 e. The van der Waals surface area contributed by atoms with E-state index in [0.717, 1.165) is 38.2 Å². The number of nitrogens with zero attached hydrogens (tertiary/aromatic N) is 1. The zero-order valence-corrected chi connectivity index (χ0v) is 13.8. The van der Waals surface area contributed by atoms with Crippen molar-refractivity contribution in [2.75, 3.05) is 40.0 Å². The van der Waals surface area contributed by atoms with Crippen LogP contribution in [0.25, 0.3) is 0 Å². The summed E-state index contributed by atoms with van der Waals surface area (Å²) in [4.78, 5) is 4.24. The van der Waals surface area contributed by atoms with Crippen molar-refractivity contribution in [3.05, 3.63) is 29.8 Å². The molecule has 23 heavy (non-hydrogen) atoms. The molecule has 1 heterocycles. The predicted octanol–water partition coefficient (Wildman–Crippen LogP) is 1.34. The predicted molar refractivity (Wildman–Crippen MR) is 91.0 cm³/mol. The summed E-state index contributed by atoms with van der Waals surface area (Å²) in [6.07, 6.45) is 3.38. The van der Waals surface area contributed by atoms with E-state index in [1.807, 2.05) is 24.3 Å². The molecule has 1 atom stereocenters. The SMILES string of the molecule is COc1ccc(CCNC(N)=NCCOCC2CCCO2)cc1. The quantitative estimate of drug-likeness (QED) is 0.408. The fourth-order valence-corrected chi connectivity index (χ4v) is 2.40. The summed E-state index contributed by atoms with van der Waals surface area (Å²) >= 11 is 0. The van der Waals surface area contributed by atoms with Crippen LogP contribution in [0.2, 0.25) is 0 Å². The summed E-state index contributed by atoms with van der Waals surface area (Å²) in [5, 5.41) is 3.11. The molecule has 6 heteroatoms. The van der Waals surface area contributed by atoms with E-state index < -0.39 is 0 Å². The average Bonchev–Trinajstić information content (AvgIpc) is 3.08. The third-order valence-electron chi connectivity index (χ3n) is 3.72. The molecule has 1 aliphatic heterocycles. The third-order valence-corrected chi connectivity index (χ3v) is 3.72. The molecule has 6 nitrogen and oxygen atoms in total. The summed E-state index contributed by atoms with van der Waals surface area (Å²) < 4.78 is 16.2. The van der Waals surface area contributed by atoms with Gasteiger partial charge in [0.05, 0.1) is 33.0 Å². The number of hydrogen-bond donors (Lipinski definition) is 2. The second-order valence-corrected chi connectivity index (χ2v) is 5.50. The molecular weight excluding hydrogens is 294 g/mol. The van der Waals surface area contributed by atoms with Gasteiger partial charge >= 0.3 is 0 Å². The minimum Gasteiger partial charge on any atom is -0.497 e. The standard InChI is InChI=1S/C17H27N3O3/c1-21-15-6-4-14(5-7-15)8-9-19-17(18)20-10-12-22-13-16-3-2-11-23-16/h4-7,16H,2-3,8-13H2,1H3,(H3,18,19,20). The molecule has 0 amide bonds. The lowest BCUT2D eigenvalue weighted by Gasteiger charge is -2.09. The molecule has 0 aromatic heterocycles. The van der Waals surface area contributed by atoms with Crippen molar-refractivity contribution in [3.63, 3.8) is 0 Å². The minimum atomic E-state index is 0.263. The van der Waals surface area contributed by atoms with E-state index >= 15 is 0 Å². The molecule has 2 rings (SSSR count). The highest BCUT2D eigenvalue weighted by molar-refractivity contribution is 5.77. The van der Waals surface area contributed by atoms with Gasteiger partial charge in [-0.3, -0.25) is 4.99 Å². The van der Waals surface area contributed by atoms with Gasteiger partial charge in [-0.2, -0.15) is 0 Å². The lowest BCUT2D eigenvalue weighted by molar-refractivity contribution is 0.0200. The molecule has 1 unspecified atom stereocenters. The van der Waals surface area contributed by atoms with Crippen molar-refractivity contribution in [3.8, 4) is 5.75 Å². The number of hydrogen-bond acceptors (Lipinski definition) is 4. The van der Waals surface area contributed by atoms with Crippen LogP contribution in [0, 0.1) is 0 Å². The zero-order chi connectivity index (χ0) is 16.3. The van der Waals surface area contributed by atoms with Gasteiger partial charge in [0.15, 0.2) is 5.96 Å². The van der Waals surface area contributed by atoms with Gasteiger partial charge in [-0.1, -0.05) is 12.1 Å². The Kier molecular flexibility index (Phi) is 7.69. The van der Waals surface area contributed by atoms with Crippen LogP contribution in [0.3, 0.4) is 0 Å². The molecular formula is C17H27N3O3. The van der Waals surface area contributed by atoms with E-state index in [1.54, 1.807) is 7.11 Å². The smallest absolute Gasteiger partial charge is 0.188 e. The van der Waals surface area contributed by atoms with Gasteiger partial charge in [0, 0.05) is 13.2 Å². The van der Waals surface area contributed by atoms with Crippen molar-refractivity contribution in [2.45, 2.75) is 25.4 Å². The Morgan fingerprint density at radius 2 is 2.22 bits per heavy atom. The zero-order valence-electron chi connectivity index (χ0n) is 13.8. The topological polar surface area (TPSA) is 78.1 Å². The minimum absolute atomic E-state index is 0.263. The second-order valence-electron chi connectivity index (χ2n) is 5.50. The fourth-order valence-electron chi connectivity index (χ4n) is 2.40. The van der Waals surface area contributed by atoms with E-state index in [1.165, 1.54) is 5.56 Å². The van der Waals surface area contributed by atoms with Crippen molar-refractivity contribution in [1.82, 2.24) is 5.32 Å². The average molecular weight is 321 g/mol. The number of benzene rings is 1. The van der Waals surface area contributed by atoms with Gasteiger partial charge in [-0.15, -0.1) is 0 Å². The molecule has 0 aliphatic carbocycles. The second kappa shape index (κ2) is 10.1. The highest BCUT2D eigenvalue weighted by atomic mass is 16.5. The highest BCUT2D eigenvalue weighted by Crippen LogP contribution is 2.12. The first-order valence-electron chi connectivity index (χ1n) is 8.14. The van der Waals surface area contributed by atoms with Gasteiger partial charge in [-0.05, 0) is 37.0 Å². The van der Waals surface area contributed by atoms with Crippen LogP contribution in [0.4, 0.5) is 0 Å². The van der Waals surface area contributed by atoms with Crippen LogP contribution >= 0.6 is 0 Å². The summed E-state index contributed by atoms with van der Waals surface area (Å²) in [5.74, 6) is 1.32. The Balaban J connectivity index is 1.53. The number of aliphatic imine (C=N–C) groups is 1. The first-order valence-corrected chi connectivity index (χ1v) is 8.14. The molecule has 0 bridgehead atoms. The maximum atomic E-state index is 5.83. The van der Waals surface area contributed by atoms with E-state index in [4.69, 9.17) is 19.9 Å². The van der Waals surface area contributed by atoms with E-state index in [0.29, 0.717) is 25.7 Å². The largest absolute Gasteiger partial charge is 0.497 e. The first kappa shape index (κ1) is 17.6. The molecule has 1 aromatic rings. The van der Waals surface area contributed by atoms with Gasteiger partial charge in [0.25, 0.3) is 0 Å². The van der Waals surface area contributed by atoms with Crippen molar-refractivity contribution in [1.29, 1.82) is 0 Å². The van der Waals surface area contributed by atoms with Crippen molar-refractivity contribution >= 4 is 5.96 Å². The molecule has 0 spiro atoms. The lowest BCUT2D eigenvalue weighted by atomic mass is 10.1. The number of methoxy groups -OCH3 is 1. The van der Waals surface area contributed by atoms with Crippen LogP contribution in [0.1, 0.15) is 18.4 Å². The number of ether oxygens (including phenoxy) is 3. The Morgan fingerprint density at radius 3 is 2.91 bits per heavy atom. The summed E-state index contributed by atoms with van der Waals surface area (Å²) in [6.45, 7) is 3.39. The van der Waals surface area contributed by atoms with Crippen LogP contribution in [0.15, 0.2) is 29.3 Å². The first-order chi connectivity index (χ1) is 11.3. The third kappa shape index (κ3) is 6.88. The Bertz CT molecular complexity index is 470. The highest BCUT2D eigenvalue weighted by Gasteiger charge is 2.14. The molecule has 1 aliphatic rings. The molecule has 1 fully saturated rings. The van der Waals surface area contributed by atoms with Crippen LogP contribution in [-0.4, -0.2) is 52.1 Å².